The number of benzene rings is 1. The summed E-state index contributed by atoms with van der Waals surface area (Å²) in [6.45, 7) is 0.464. The van der Waals surface area contributed by atoms with Crippen LogP contribution in [0.2, 0.25) is 0 Å². The van der Waals surface area contributed by atoms with Gasteiger partial charge >= 0.3 is 12.1 Å². The first kappa shape index (κ1) is 17.7. The predicted molar refractivity (Wildman–Crippen MR) is 76.7 cm³/mol. The van der Waals surface area contributed by atoms with Gasteiger partial charge in [0.2, 0.25) is 0 Å². The molecule has 0 aliphatic carbocycles. The molecule has 0 atom stereocenters. The number of rotatable bonds is 5. The molecule has 0 saturated heterocycles. The number of alkyl halides is 3. The Labute approximate surface area is 131 Å². The van der Waals surface area contributed by atoms with Gasteiger partial charge in [0.25, 0.3) is 0 Å². The van der Waals surface area contributed by atoms with Gasteiger partial charge in [-0.25, -0.2) is 8.42 Å². The van der Waals surface area contributed by atoms with Crippen molar-refractivity contribution in [3.63, 3.8) is 0 Å². The van der Waals surface area contributed by atoms with E-state index in [1.54, 1.807) is 11.0 Å². The van der Waals surface area contributed by atoms with Crippen LogP contribution in [0.1, 0.15) is 16.7 Å². The summed E-state index contributed by atoms with van der Waals surface area (Å²) in [6, 6.07) is 4.03. The van der Waals surface area contributed by atoms with Crippen molar-refractivity contribution in [1.82, 2.24) is 4.90 Å². The summed E-state index contributed by atoms with van der Waals surface area (Å²) in [5.41, 5.74) is 0.0828. The van der Waals surface area contributed by atoms with E-state index in [4.69, 9.17) is 5.11 Å². The van der Waals surface area contributed by atoms with Crippen molar-refractivity contribution in [3.8, 4) is 0 Å². The molecule has 1 aliphatic rings. The predicted octanol–water partition coefficient (Wildman–Crippen LogP) is 1.56. The molecule has 9 heteroatoms. The third-order valence-corrected chi connectivity index (χ3v) is 5.21. The van der Waals surface area contributed by atoms with Crippen LogP contribution >= 0.6 is 0 Å². The standard InChI is InChI=1S/C14H16F3NO4S/c15-14(16,17)12-3-1-2-10-4-5-18(8-11(10)12)6-7-23(21,22)9-13(19)20/h1-3H,4-9H2,(H,19,20). The van der Waals surface area contributed by atoms with E-state index in [1.165, 1.54) is 6.07 Å². The van der Waals surface area contributed by atoms with Crippen LogP contribution in [0.25, 0.3) is 0 Å². The quantitative estimate of drug-likeness (QED) is 0.871. The van der Waals surface area contributed by atoms with Crippen molar-refractivity contribution in [3.05, 3.63) is 34.9 Å². The van der Waals surface area contributed by atoms with Crippen molar-refractivity contribution < 1.29 is 31.5 Å². The molecule has 0 aromatic heterocycles. The molecule has 1 aromatic rings. The van der Waals surface area contributed by atoms with E-state index in [0.29, 0.717) is 18.5 Å². The van der Waals surface area contributed by atoms with Gasteiger partial charge in [0.1, 0.15) is 5.75 Å². The highest BCUT2D eigenvalue weighted by Crippen LogP contribution is 2.35. The molecule has 0 spiro atoms. The fourth-order valence-electron chi connectivity index (χ4n) is 2.62. The molecule has 1 aliphatic heterocycles. The lowest BCUT2D eigenvalue weighted by Crippen LogP contribution is -2.36. The smallest absolute Gasteiger partial charge is 0.416 e. The minimum atomic E-state index is -4.45. The number of fused-ring (bicyclic) bond motifs is 1. The minimum absolute atomic E-state index is 0.00755. The number of nitrogens with zero attached hydrogens (tertiary/aromatic N) is 1. The van der Waals surface area contributed by atoms with E-state index in [-0.39, 0.29) is 24.4 Å². The van der Waals surface area contributed by atoms with Gasteiger partial charge in [-0.15, -0.1) is 0 Å². The molecule has 0 fully saturated rings. The number of carboxylic acid groups (broad SMARTS) is 1. The van der Waals surface area contributed by atoms with E-state index in [9.17, 15) is 26.4 Å². The van der Waals surface area contributed by atoms with Crippen LogP contribution < -0.4 is 0 Å². The number of carboxylic acids is 1. The molecule has 23 heavy (non-hydrogen) atoms. The molecular weight excluding hydrogens is 335 g/mol. The average Bonchev–Trinajstić information content (AvgIpc) is 2.42. The van der Waals surface area contributed by atoms with Gasteiger partial charge in [-0.05, 0) is 23.6 Å². The van der Waals surface area contributed by atoms with Gasteiger partial charge in [0.05, 0.1) is 11.3 Å². The number of hydrogen-bond acceptors (Lipinski definition) is 4. The third kappa shape index (κ3) is 4.68. The molecule has 0 saturated carbocycles. The summed E-state index contributed by atoms with van der Waals surface area (Å²) in [4.78, 5) is 12.1. The Hall–Kier alpha value is -1.61. The van der Waals surface area contributed by atoms with E-state index in [1.807, 2.05) is 0 Å². The Morgan fingerprint density at radius 2 is 2.00 bits per heavy atom. The summed E-state index contributed by atoms with van der Waals surface area (Å²) >= 11 is 0. The molecule has 1 aromatic carbocycles. The van der Waals surface area contributed by atoms with Crippen molar-refractivity contribution in [2.45, 2.75) is 19.1 Å². The fourth-order valence-corrected chi connectivity index (χ4v) is 3.68. The Morgan fingerprint density at radius 1 is 1.30 bits per heavy atom. The molecule has 0 bridgehead atoms. The van der Waals surface area contributed by atoms with Crippen LogP contribution in [0.15, 0.2) is 18.2 Å². The van der Waals surface area contributed by atoms with Crippen molar-refractivity contribution in [2.75, 3.05) is 24.6 Å². The molecule has 2 rings (SSSR count). The maximum Gasteiger partial charge on any atom is 0.416 e. The molecule has 128 valence electrons. The zero-order valence-electron chi connectivity index (χ0n) is 12.1. The van der Waals surface area contributed by atoms with Gasteiger partial charge in [-0.1, -0.05) is 12.1 Å². The van der Waals surface area contributed by atoms with Gasteiger partial charge in [-0.3, -0.25) is 9.69 Å². The zero-order chi connectivity index (χ0) is 17.3. The van der Waals surface area contributed by atoms with E-state index < -0.39 is 33.3 Å². The monoisotopic (exact) mass is 351 g/mol. The zero-order valence-corrected chi connectivity index (χ0v) is 13.0. The lowest BCUT2D eigenvalue weighted by Gasteiger charge is -2.30. The van der Waals surface area contributed by atoms with Crippen LogP contribution in [-0.2, 0) is 33.8 Å². The summed E-state index contributed by atoms with van der Waals surface area (Å²) < 4.78 is 62.3. The maximum atomic E-state index is 13.0. The molecule has 0 amide bonds. The number of hydrogen-bond donors (Lipinski definition) is 1. The van der Waals surface area contributed by atoms with Gasteiger partial charge in [-0.2, -0.15) is 13.2 Å². The molecule has 1 heterocycles. The Morgan fingerprint density at radius 3 is 2.61 bits per heavy atom. The topological polar surface area (TPSA) is 74.7 Å². The Balaban J connectivity index is 2.10. The number of halogens is 3. The molecule has 5 nitrogen and oxygen atoms in total. The summed E-state index contributed by atoms with van der Waals surface area (Å²) in [6.07, 6.45) is -4.05. The number of sulfone groups is 1. The van der Waals surface area contributed by atoms with Gasteiger partial charge in [0, 0.05) is 19.6 Å². The van der Waals surface area contributed by atoms with E-state index >= 15 is 0 Å². The van der Waals surface area contributed by atoms with Gasteiger partial charge in [0.15, 0.2) is 9.84 Å². The van der Waals surface area contributed by atoms with Crippen LogP contribution in [0.5, 0.6) is 0 Å². The third-order valence-electron chi connectivity index (χ3n) is 3.72. The normalized spacial score (nSPS) is 16.1. The number of carbonyl (C=O) groups is 1. The second-order valence-corrected chi connectivity index (χ2v) is 7.64. The maximum absolute atomic E-state index is 13.0. The first-order valence-electron chi connectivity index (χ1n) is 6.91. The van der Waals surface area contributed by atoms with Crippen molar-refractivity contribution in [2.24, 2.45) is 0 Å². The second kappa shape index (κ2) is 6.48. The Kier molecular flexibility index (Phi) is 5.00. The first-order valence-corrected chi connectivity index (χ1v) is 8.73. The molecule has 0 unspecified atom stereocenters. The van der Waals surface area contributed by atoms with Crippen molar-refractivity contribution >= 4 is 15.8 Å². The Bertz CT molecular complexity index is 700. The number of aliphatic carboxylic acids is 1. The summed E-state index contributed by atoms with van der Waals surface area (Å²) in [5.74, 6) is -2.79. The van der Waals surface area contributed by atoms with Crippen LogP contribution in [0.4, 0.5) is 13.2 Å². The summed E-state index contributed by atoms with van der Waals surface area (Å²) in [7, 11) is -3.76. The SMILES string of the molecule is O=C(O)CS(=O)(=O)CCN1CCc2cccc(C(F)(F)F)c2C1. The largest absolute Gasteiger partial charge is 0.480 e. The lowest BCUT2D eigenvalue weighted by molar-refractivity contribution is -0.138. The second-order valence-electron chi connectivity index (χ2n) is 5.45. The highest BCUT2D eigenvalue weighted by molar-refractivity contribution is 7.92. The van der Waals surface area contributed by atoms with E-state index in [2.05, 4.69) is 0 Å². The minimum Gasteiger partial charge on any atom is -0.480 e. The first-order chi connectivity index (χ1) is 10.6. The van der Waals surface area contributed by atoms with Crippen molar-refractivity contribution in [1.29, 1.82) is 0 Å². The fraction of sp³-hybridized carbons (Fsp3) is 0.500. The van der Waals surface area contributed by atoms with Gasteiger partial charge < -0.3 is 5.11 Å². The van der Waals surface area contributed by atoms with E-state index in [0.717, 1.165) is 6.07 Å². The highest BCUT2D eigenvalue weighted by atomic mass is 32.2. The summed E-state index contributed by atoms with van der Waals surface area (Å²) in [5, 5.41) is 8.52. The van der Waals surface area contributed by atoms with Crippen LogP contribution in [0, 0.1) is 0 Å². The molecule has 1 N–H and O–H groups in total. The lowest BCUT2D eigenvalue weighted by atomic mass is 9.94. The highest BCUT2D eigenvalue weighted by Gasteiger charge is 2.35. The molecule has 0 radical (unpaired) electrons. The van der Waals surface area contributed by atoms with Crippen LogP contribution in [-0.4, -0.2) is 49.0 Å². The average molecular weight is 351 g/mol. The van der Waals surface area contributed by atoms with Crippen LogP contribution in [0.3, 0.4) is 0 Å². The molecular formula is C14H16F3NO4S.